The molecule has 3 aliphatic heterocycles. The maximum atomic E-state index is 14.1. The first-order chi connectivity index (χ1) is 18.8. The van der Waals surface area contributed by atoms with Gasteiger partial charge in [-0.2, -0.15) is 0 Å². The van der Waals surface area contributed by atoms with Crippen molar-refractivity contribution in [1.29, 1.82) is 0 Å². The molecule has 0 aromatic heterocycles. The predicted molar refractivity (Wildman–Crippen MR) is 153 cm³/mol. The Morgan fingerprint density at radius 3 is 2.36 bits per heavy atom. The van der Waals surface area contributed by atoms with Crippen molar-refractivity contribution >= 4 is 52.5 Å². The van der Waals surface area contributed by atoms with E-state index in [9.17, 15) is 19.5 Å². The summed E-state index contributed by atoms with van der Waals surface area (Å²) in [7, 11) is 0. The normalized spacial score (nSPS) is 28.9. The zero-order valence-electron chi connectivity index (χ0n) is 22.1. The molecule has 5 rings (SSSR count). The molecular formula is C29H34ClN3O5S. The summed E-state index contributed by atoms with van der Waals surface area (Å²) in [4.78, 5) is 43.3. The molecule has 3 saturated heterocycles. The molecule has 2 aromatic rings. The smallest absolute Gasteiger partial charge is 0.248 e. The van der Waals surface area contributed by atoms with E-state index in [0.29, 0.717) is 42.4 Å². The Hall–Kier alpha value is -2.75. The fourth-order valence-electron chi connectivity index (χ4n) is 6.52. The quantitative estimate of drug-likeness (QED) is 0.364. The number of hydrogen-bond acceptors (Lipinski definition) is 6. The predicted octanol–water partition coefficient (Wildman–Crippen LogP) is 4.43. The number of likely N-dealkylation sites (tertiary alicyclic amines) is 1. The average molecular weight is 572 g/mol. The lowest BCUT2D eigenvalue weighted by Crippen LogP contribution is -2.54. The molecular weight excluding hydrogens is 538 g/mol. The number of thioether (sulfide) groups is 1. The summed E-state index contributed by atoms with van der Waals surface area (Å²) < 4.78 is 4.79. The number of ether oxygens (including phenoxy) is 1. The molecule has 3 aliphatic rings. The van der Waals surface area contributed by atoms with Crippen LogP contribution >= 0.6 is 23.4 Å². The number of rotatable bonds is 10. The van der Waals surface area contributed by atoms with Crippen LogP contribution in [0.4, 0.5) is 11.4 Å². The SMILES string of the molecule is CCOc1ccc(NC(=O)[C@@H]2[C@@H]3CC(C)C4(S3)C(C(=O)Nc3ccc(Cl)cc3)N(CCCCO)C(=O)[C@H]24)cc1. The number of halogens is 1. The maximum Gasteiger partial charge on any atom is 0.248 e. The molecule has 3 heterocycles. The van der Waals surface area contributed by atoms with Crippen LogP contribution in [0.2, 0.25) is 5.02 Å². The van der Waals surface area contributed by atoms with E-state index in [0.717, 1.165) is 12.2 Å². The first-order valence-corrected chi connectivity index (χ1v) is 14.7. The van der Waals surface area contributed by atoms with Gasteiger partial charge in [0.05, 0.1) is 23.2 Å². The van der Waals surface area contributed by atoms with Crippen LogP contribution in [0.5, 0.6) is 5.75 Å². The summed E-state index contributed by atoms with van der Waals surface area (Å²) in [5.74, 6) is -0.967. The highest BCUT2D eigenvalue weighted by molar-refractivity contribution is 8.02. The number of carbonyl (C=O) groups excluding carboxylic acids is 3. The lowest BCUT2D eigenvalue weighted by Gasteiger charge is -2.38. The van der Waals surface area contributed by atoms with Crippen molar-refractivity contribution < 1.29 is 24.2 Å². The summed E-state index contributed by atoms with van der Waals surface area (Å²) in [6.45, 7) is 4.92. The van der Waals surface area contributed by atoms with E-state index in [1.807, 2.05) is 6.92 Å². The van der Waals surface area contributed by atoms with Gasteiger partial charge >= 0.3 is 0 Å². The molecule has 3 fully saturated rings. The highest BCUT2D eigenvalue weighted by Crippen LogP contribution is 2.68. The topological polar surface area (TPSA) is 108 Å². The van der Waals surface area contributed by atoms with Gasteiger partial charge in [-0.15, -0.1) is 11.8 Å². The van der Waals surface area contributed by atoms with Gasteiger partial charge in [0.25, 0.3) is 0 Å². The number of anilines is 2. The van der Waals surface area contributed by atoms with Crippen LogP contribution in [-0.2, 0) is 14.4 Å². The maximum absolute atomic E-state index is 14.1. The number of nitrogens with one attached hydrogen (secondary N) is 2. The third-order valence-corrected chi connectivity index (χ3v) is 10.5. The van der Waals surface area contributed by atoms with Gasteiger partial charge in [0.2, 0.25) is 17.7 Å². The Balaban J connectivity index is 1.43. The molecule has 3 unspecified atom stereocenters. The van der Waals surface area contributed by atoms with Crippen LogP contribution in [0.1, 0.15) is 33.1 Å². The Bertz CT molecular complexity index is 1230. The summed E-state index contributed by atoms with van der Waals surface area (Å²) in [6, 6.07) is 13.4. The van der Waals surface area contributed by atoms with Gasteiger partial charge in [0.1, 0.15) is 11.8 Å². The van der Waals surface area contributed by atoms with Gasteiger partial charge in [-0.1, -0.05) is 18.5 Å². The first-order valence-electron chi connectivity index (χ1n) is 13.5. The van der Waals surface area contributed by atoms with Crippen LogP contribution in [0.3, 0.4) is 0 Å². The number of unbranched alkanes of at least 4 members (excludes halogenated alkanes) is 1. The van der Waals surface area contributed by atoms with Crippen molar-refractivity contribution in [3.05, 3.63) is 53.6 Å². The molecule has 6 atom stereocenters. The standard InChI is InChI=1S/C29H34ClN3O5S/c1-3-38-21-12-10-20(11-13-21)31-26(35)23-22-16-17(2)29(39-22)24(23)28(37)33(14-4-5-15-34)25(29)27(36)32-19-8-6-18(30)7-9-19/h6-13,17,22-25,34H,3-5,14-16H2,1-2H3,(H,31,35)(H,32,36)/t17?,22-,23+,24-,25?,29?/m0/s1. The Morgan fingerprint density at radius 1 is 1.08 bits per heavy atom. The number of aliphatic hydroxyl groups excluding tert-OH is 1. The zero-order chi connectivity index (χ0) is 27.7. The molecule has 10 heteroatoms. The highest BCUT2D eigenvalue weighted by Gasteiger charge is 2.75. The Labute approximate surface area is 237 Å². The second kappa shape index (κ2) is 11.4. The highest BCUT2D eigenvalue weighted by atomic mass is 35.5. The minimum Gasteiger partial charge on any atom is -0.494 e. The lowest BCUT2D eigenvalue weighted by atomic mass is 9.66. The first kappa shape index (κ1) is 27.8. The number of nitrogens with zero attached hydrogens (tertiary/aromatic N) is 1. The molecule has 1 spiro atoms. The number of hydrogen-bond donors (Lipinski definition) is 3. The molecule has 0 radical (unpaired) electrons. The minimum atomic E-state index is -0.724. The van der Waals surface area contributed by atoms with Crippen molar-refractivity contribution in [1.82, 2.24) is 4.90 Å². The number of benzene rings is 2. The second-order valence-corrected chi connectivity index (χ2v) is 12.4. The van der Waals surface area contributed by atoms with E-state index in [1.54, 1.807) is 65.2 Å². The summed E-state index contributed by atoms with van der Waals surface area (Å²) >= 11 is 7.66. The molecule has 39 heavy (non-hydrogen) atoms. The van der Waals surface area contributed by atoms with E-state index in [2.05, 4.69) is 17.6 Å². The number of carbonyl (C=O) groups is 3. The fraction of sp³-hybridized carbons (Fsp3) is 0.483. The van der Waals surface area contributed by atoms with E-state index in [-0.39, 0.29) is 35.5 Å². The summed E-state index contributed by atoms with van der Waals surface area (Å²) in [5.41, 5.74) is 1.24. The molecule has 0 saturated carbocycles. The van der Waals surface area contributed by atoms with Crippen molar-refractivity contribution in [2.45, 2.75) is 49.1 Å². The molecule has 3 amide bonds. The Morgan fingerprint density at radius 2 is 1.72 bits per heavy atom. The monoisotopic (exact) mass is 571 g/mol. The molecule has 2 aromatic carbocycles. The van der Waals surface area contributed by atoms with Gasteiger partial charge < -0.3 is 25.4 Å². The van der Waals surface area contributed by atoms with Crippen LogP contribution in [0, 0.1) is 17.8 Å². The van der Waals surface area contributed by atoms with Crippen molar-refractivity contribution in [2.24, 2.45) is 17.8 Å². The molecule has 0 aliphatic carbocycles. The van der Waals surface area contributed by atoms with Gasteiger partial charge in [-0.3, -0.25) is 14.4 Å². The molecule has 208 valence electrons. The van der Waals surface area contributed by atoms with E-state index in [1.165, 1.54) is 0 Å². The lowest BCUT2D eigenvalue weighted by molar-refractivity contribution is -0.138. The summed E-state index contributed by atoms with van der Waals surface area (Å²) in [5, 5.41) is 15.9. The molecule has 3 N–H and O–H groups in total. The van der Waals surface area contributed by atoms with Crippen LogP contribution < -0.4 is 15.4 Å². The minimum absolute atomic E-state index is 0.0125. The van der Waals surface area contributed by atoms with Crippen LogP contribution in [-0.4, -0.2) is 63.5 Å². The van der Waals surface area contributed by atoms with Gasteiger partial charge in [0, 0.05) is 34.8 Å². The Kier molecular flexibility index (Phi) is 8.12. The van der Waals surface area contributed by atoms with Gasteiger partial charge in [-0.05, 0) is 80.6 Å². The molecule has 2 bridgehead atoms. The van der Waals surface area contributed by atoms with Crippen molar-refractivity contribution in [3.8, 4) is 5.75 Å². The third kappa shape index (κ3) is 5.00. The number of fused-ring (bicyclic) bond motifs is 1. The number of aliphatic hydroxyl groups is 1. The van der Waals surface area contributed by atoms with Crippen LogP contribution in [0.15, 0.2) is 48.5 Å². The third-order valence-electron chi connectivity index (χ3n) is 8.15. The second-order valence-electron chi connectivity index (χ2n) is 10.5. The fourth-order valence-corrected chi connectivity index (χ4v) is 9.07. The summed E-state index contributed by atoms with van der Waals surface area (Å²) in [6.07, 6.45) is 1.85. The zero-order valence-corrected chi connectivity index (χ0v) is 23.6. The van der Waals surface area contributed by atoms with E-state index < -0.39 is 22.6 Å². The van der Waals surface area contributed by atoms with Gasteiger partial charge in [-0.25, -0.2) is 0 Å². The number of amides is 3. The van der Waals surface area contributed by atoms with Crippen molar-refractivity contribution in [2.75, 3.05) is 30.4 Å². The van der Waals surface area contributed by atoms with Crippen molar-refractivity contribution in [3.63, 3.8) is 0 Å². The van der Waals surface area contributed by atoms with Crippen LogP contribution in [0.25, 0.3) is 0 Å². The van der Waals surface area contributed by atoms with E-state index in [4.69, 9.17) is 16.3 Å². The average Bonchev–Trinajstić information content (AvgIpc) is 3.50. The van der Waals surface area contributed by atoms with Gasteiger partial charge in [0.15, 0.2) is 0 Å². The molecule has 8 nitrogen and oxygen atoms in total. The van der Waals surface area contributed by atoms with E-state index >= 15 is 0 Å². The largest absolute Gasteiger partial charge is 0.494 e.